The highest BCUT2D eigenvalue weighted by Gasteiger charge is 2.18. The Morgan fingerprint density at radius 2 is 1.67 bits per heavy atom. The topological polar surface area (TPSA) is 79.9 Å². The lowest BCUT2D eigenvalue weighted by atomic mass is 10.1. The van der Waals surface area contributed by atoms with Crippen molar-refractivity contribution >= 4 is 23.2 Å². The van der Waals surface area contributed by atoms with Crippen LogP contribution in [-0.2, 0) is 9.53 Å². The summed E-state index contributed by atoms with van der Waals surface area (Å²) in [6, 6.07) is 14.3. The molecule has 0 aliphatic carbocycles. The minimum atomic E-state index is -0.168. The average molecular weight is 409 g/mol. The van der Waals surface area contributed by atoms with Gasteiger partial charge in [-0.25, -0.2) is 0 Å². The van der Waals surface area contributed by atoms with E-state index in [0.717, 1.165) is 17.0 Å². The third-order valence-electron chi connectivity index (χ3n) is 4.51. The Morgan fingerprint density at radius 3 is 2.30 bits per heavy atom. The summed E-state index contributed by atoms with van der Waals surface area (Å²) in [5.41, 5.74) is 3.03. The highest BCUT2D eigenvalue weighted by Crippen LogP contribution is 2.16. The standard InChI is InChI=1S/C23H27N3O4/c1-17(2)16-30-21-9-7-20(8-10-21)25-22(27)15-24-19-5-3-18(4-6-19)23(28)26-11-13-29-14-12-26/h3-10,24H,1,11-16H2,2H3,(H,25,27). The van der Waals surface area contributed by atoms with Gasteiger partial charge >= 0.3 is 0 Å². The molecular weight excluding hydrogens is 382 g/mol. The molecule has 30 heavy (non-hydrogen) atoms. The minimum absolute atomic E-state index is 0.00160. The molecule has 1 aliphatic heterocycles. The summed E-state index contributed by atoms with van der Waals surface area (Å²) in [6.07, 6.45) is 0. The first-order valence-electron chi connectivity index (χ1n) is 9.89. The fourth-order valence-corrected chi connectivity index (χ4v) is 2.91. The normalized spacial score (nSPS) is 13.4. The van der Waals surface area contributed by atoms with Crippen molar-refractivity contribution in [3.63, 3.8) is 0 Å². The first kappa shape index (κ1) is 21.4. The average Bonchev–Trinajstić information content (AvgIpc) is 2.77. The highest BCUT2D eigenvalue weighted by atomic mass is 16.5. The summed E-state index contributed by atoms with van der Waals surface area (Å²) in [4.78, 5) is 26.4. The van der Waals surface area contributed by atoms with Crippen molar-refractivity contribution in [2.75, 3.05) is 50.1 Å². The van der Waals surface area contributed by atoms with Gasteiger partial charge in [0.05, 0.1) is 19.8 Å². The van der Waals surface area contributed by atoms with E-state index < -0.39 is 0 Å². The number of anilines is 2. The molecular formula is C23H27N3O4. The van der Waals surface area contributed by atoms with Crippen molar-refractivity contribution in [3.05, 3.63) is 66.2 Å². The van der Waals surface area contributed by atoms with Gasteiger partial charge in [-0.3, -0.25) is 9.59 Å². The van der Waals surface area contributed by atoms with Gasteiger partial charge in [0.2, 0.25) is 5.91 Å². The zero-order valence-electron chi connectivity index (χ0n) is 17.1. The van der Waals surface area contributed by atoms with E-state index in [9.17, 15) is 9.59 Å². The molecule has 1 saturated heterocycles. The molecule has 0 saturated carbocycles. The lowest BCUT2D eigenvalue weighted by Crippen LogP contribution is -2.40. The molecule has 7 heteroatoms. The molecule has 7 nitrogen and oxygen atoms in total. The summed E-state index contributed by atoms with van der Waals surface area (Å²) in [5.74, 6) is 0.554. The van der Waals surface area contributed by atoms with E-state index in [1.54, 1.807) is 53.4 Å². The summed E-state index contributed by atoms with van der Waals surface area (Å²) in [5, 5.41) is 5.89. The molecule has 1 fully saturated rings. The summed E-state index contributed by atoms with van der Waals surface area (Å²) in [6.45, 7) is 8.65. The number of carbonyl (C=O) groups excluding carboxylic acids is 2. The zero-order valence-corrected chi connectivity index (χ0v) is 17.1. The number of benzene rings is 2. The van der Waals surface area contributed by atoms with Crippen molar-refractivity contribution in [2.45, 2.75) is 6.92 Å². The van der Waals surface area contributed by atoms with Gasteiger partial charge < -0.3 is 25.0 Å². The predicted octanol–water partition coefficient (Wildman–Crippen LogP) is 3.16. The fraction of sp³-hybridized carbons (Fsp3) is 0.304. The molecule has 0 bridgehead atoms. The van der Waals surface area contributed by atoms with Crippen LogP contribution in [0.3, 0.4) is 0 Å². The first-order valence-corrected chi connectivity index (χ1v) is 9.89. The molecule has 158 valence electrons. The molecule has 0 spiro atoms. The van der Waals surface area contributed by atoms with Crippen molar-refractivity contribution < 1.29 is 19.1 Å². The van der Waals surface area contributed by atoms with Crippen LogP contribution < -0.4 is 15.4 Å². The van der Waals surface area contributed by atoms with Gasteiger partial charge in [-0.15, -0.1) is 0 Å². The van der Waals surface area contributed by atoms with Crippen LogP contribution in [0.1, 0.15) is 17.3 Å². The van der Waals surface area contributed by atoms with Crippen LogP contribution in [0.4, 0.5) is 11.4 Å². The zero-order chi connectivity index (χ0) is 21.3. The molecule has 3 rings (SSSR count). The van der Waals surface area contributed by atoms with E-state index in [4.69, 9.17) is 9.47 Å². The second-order valence-electron chi connectivity index (χ2n) is 7.15. The Labute approximate surface area is 176 Å². The largest absolute Gasteiger partial charge is 0.489 e. The summed E-state index contributed by atoms with van der Waals surface area (Å²) < 4.78 is 10.8. The van der Waals surface area contributed by atoms with Gasteiger partial charge in [0.25, 0.3) is 5.91 Å². The number of hydrogen-bond acceptors (Lipinski definition) is 5. The van der Waals surface area contributed by atoms with Crippen molar-refractivity contribution in [3.8, 4) is 5.75 Å². The molecule has 1 heterocycles. The Kier molecular flexibility index (Phi) is 7.45. The maximum atomic E-state index is 12.5. The van der Waals surface area contributed by atoms with Crippen LogP contribution in [0.5, 0.6) is 5.75 Å². The van der Waals surface area contributed by atoms with Gasteiger partial charge in [-0.1, -0.05) is 6.58 Å². The van der Waals surface area contributed by atoms with E-state index in [2.05, 4.69) is 17.2 Å². The van der Waals surface area contributed by atoms with Crippen LogP contribution in [0, 0.1) is 0 Å². The molecule has 0 atom stereocenters. The SMILES string of the molecule is C=C(C)COc1ccc(NC(=O)CNc2ccc(C(=O)N3CCOCC3)cc2)cc1. The number of ether oxygens (including phenoxy) is 2. The number of hydrogen-bond donors (Lipinski definition) is 2. The fourth-order valence-electron chi connectivity index (χ4n) is 2.91. The number of morpholine rings is 1. The van der Waals surface area contributed by atoms with Gasteiger partial charge in [-0.2, -0.15) is 0 Å². The third-order valence-corrected chi connectivity index (χ3v) is 4.51. The number of nitrogens with zero attached hydrogens (tertiary/aromatic N) is 1. The van der Waals surface area contributed by atoms with Crippen LogP contribution in [0.25, 0.3) is 0 Å². The van der Waals surface area contributed by atoms with Crippen molar-refractivity contribution in [2.24, 2.45) is 0 Å². The molecule has 0 unspecified atom stereocenters. The number of rotatable bonds is 8. The summed E-state index contributed by atoms with van der Waals surface area (Å²) in [7, 11) is 0. The smallest absolute Gasteiger partial charge is 0.254 e. The van der Waals surface area contributed by atoms with E-state index in [0.29, 0.717) is 44.2 Å². The van der Waals surface area contributed by atoms with Crippen molar-refractivity contribution in [1.29, 1.82) is 0 Å². The van der Waals surface area contributed by atoms with Crippen LogP contribution in [-0.4, -0.2) is 56.2 Å². The molecule has 1 aliphatic rings. The number of amides is 2. The number of carbonyl (C=O) groups is 2. The maximum Gasteiger partial charge on any atom is 0.254 e. The molecule has 2 aromatic carbocycles. The van der Waals surface area contributed by atoms with Crippen molar-refractivity contribution in [1.82, 2.24) is 4.90 Å². The monoisotopic (exact) mass is 409 g/mol. The van der Waals surface area contributed by atoms with E-state index in [1.807, 2.05) is 6.92 Å². The molecule has 2 amide bonds. The Hall–Kier alpha value is -3.32. The number of nitrogens with one attached hydrogen (secondary N) is 2. The van der Waals surface area contributed by atoms with Gasteiger partial charge in [0.15, 0.2) is 0 Å². The van der Waals surface area contributed by atoms with E-state index in [-0.39, 0.29) is 18.4 Å². The van der Waals surface area contributed by atoms with Gasteiger partial charge in [0, 0.05) is 30.0 Å². The van der Waals surface area contributed by atoms with Gasteiger partial charge in [-0.05, 0) is 61.0 Å². The summed E-state index contributed by atoms with van der Waals surface area (Å²) >= 11 is 0. The lowest BCUT2D eigenvalue weighted by molar-refractivity contribution is -0.114. The quantitative estimate of drug-likeness (QED) is 0.655. The Morgan fingerprint density at radius 1 is 1.03 bits per heavy atom. The lowest BCUT2D eigenvalue weighted by Gasteiger charge is -2.26. The molecule has 0 radical (unpaired) electrons. The minimum Gasteiger partial charge on any atom is -0.489 e. The molecule has 2 N–H and O–H groups in total. The van der Waals surface area contributed by atoms with E-state index in [1.165, 1.54) is 0 Å². The second-order valence-corrected chi connectivity index (χ2v) is 7.15. The second kappa shape index (κ2) is 10.5. The molecule has 2 aromatic rings. The van der Waals surface area contributed by atoms with E-state index >= 15 is 0 Å². The molecule has 0 aromatic heterocycles. The first-order chi connectivity index (χ1) is 14.5. The predicted molar refractivity (Wildman–Crippen MR) is 117 cm³/mol. The maximum absolute atomic E-state index is 12.5. The van der Waals surface area contributed by atoms with Crippen LogP contribution in [0.15, 0.2) is 60.7 Å². The van der Waals surface area contributed by atoms with Crippen LogP contribution >= 0.6 is 0 Å². The Bertz CT molecular complexity index is 872. The van der Waals surface area contributed by atoms with Gasteiger partial charge in [0.1, 0.15) is 12.4 Å². The third kappa shape index (κ3) is 6.35. The Balaban J connectivity index is 1.45. The van der Waals surface area contributed by atoms with Crippen LogP contribution in [0.2, 0.25) is 0 Å². The highest BCUT2D eigenvalue weighted by molar-refractivity contribution is 5.95.